The fourth-order valence-electron chi connectivity index (χ4n) is 4.64. The number of amides is 1. The van der Waals surface area contributed by atoms with Crippen molar-refractivity contribution in [2.45, 2.75) is 63.2 Å². The first-order valence-corrected chi connectivity index (χ1v) is 10.1. The Kier molecular flexibility index (Phi) is 5.02. The number of nitrogens with zero attached hydrogens (tertiary/aromatic N) is 1. The summed E-state index contributed by atoms with van der Waals surface area (Å²) in [5.41, 5.74) is 1.45. The molecule has 0 radical (unpaired) electrons. The van der Waals surface area contributed by atoms with E-state index in [1.807, 2.05) is 24.0 Å². The summed E-state index contributed by atoms with van der Waals surface area (Å²) < 4.78 is 12.2. The number of likely N-dealkylation sites (tertiary alicyclic amines) is 1. The predicted molar refractivity (Wildman–Crippen MR) is 102 cm³/mol. The standard InChI is InChI=1S/C21H28ClNO3/c1-14-11-16(22)5-6-18(14)20(24)23-10-9-21(25-2)8-7-17(12-19(21)23)26-13-15-3-4-15/h5-6,11,15,17,19H,3-4,7-10,12-13H2,1-2H3/t17-,19-,21+/m0/s1. The molecule has 0 unspecified atom stereocenters. The molecule has 142 valence electrons. The zero-order chi connectivity index (χ0) is 18.3. The normalized spacial score (nSPS) is 31.1. The Hall–Kier alpha value is -1.10. The van der Waals surface area contributed by atoms with Crippen molar-refractivity contribution < 1.29 is 14.3 Å². The van der Waals surface area contributed by atoms with Gasteiger partial charge in [0.1, 0.15) is 0 Å². The number of aryl methyl sites for hydroxylation is 1. The van der Waals surface area contributed by atoms with Crippen LogP contribution in [0.1, 0.15) is 54.4 Å². The Labute approximate surface area is 160 Å². The number of fused-ring (bicyclic) bond motifs is 1. The zero-order valence-electron chi connectivity index (χ0n) is 15.7. The monoisotopic (exact) mass is 377 g/mol. The highest BCUT2D eigenvalue weighted by Gasteiger charge is 2.53. The molecule has 3 atom stereocenters. The van der Waals surface area contributed by atoms with Crippen molar-refractivity contribution in [1.82, 2.24) is 4.90 Å². The lowest BCUT2D eigenvalue weighted by atomic mass is 9.79. The summed E-state index contributed by atoms with van der Waals surface area (Å²) in [6.45, 7) is 3.57. The number of rotatable bonds is 5. The van der Waals surface area contributed by atoms with Crippen LogP contribution in [0.15, 0.2) is 18.2 Å². The Bertz CT molecular complexity index is 690. The molecule has 3 aliphatic rings. The van der Waals surface area contributed by atoms with Gasteiger partial charge in [0.2, 0.25) is 0 Å². The molecule has 3 fully saturated rings. The first kappa shape index (κ1) is 18.3. The lowest BCUT2D eigenvalue weighted by molar-refractivity contribution is -0.0977. The minimum Gasteiger partial charge on any atom is -0.378 e. The van der Waals surface area contributed by atoms with Gasteiger partial charge >= 0.3 is 0 Å². The Morgan fingerprint density at radius 2 is 2.12 bits per heavy atom. The van der Waals surface area contributed by atoms with Crippen molar-refractivity contribution in [1.29, 1.82) is 0 Å². The third-order valence-electron chi connectivity index (χ3n) is 6.49. The van der Waals surface area contributed by atoms with E-state index in [0.717, 1.165) is 55.9 Å². The van der Waals surface area contributed by atoms with Gasteiger partial charge in [-0.3, -0.25) is 4.79 Å². The van der Waals surface area contributed by atoms with Gasteiger partial charge in [-0.2, -0.15) is 0 Å². The molecule has 1 amide bonds. The van der Waals surface area contributed by atoms with Crippen LogP contribution in [0, 0.1) is 12.8 Å². The molecule has 0 spiro atoms. The van der Waals surface area contributed by atoms with Gasteiger partial charge < -0.3 is 14.4 Å². The quantitative estimate of drug-likeness (QED) is 0.770. The molecule has 4 nitrogen and oxygen atoms in total. The molecular formula is C21H28ClNO3. The third kappa shape index (κ3) is 3.39. The molecule has 1 heterocycles. The number of hydrogen-bond donors (Lipinski definition) is 0. The molecule has 1 saturated heterocycles. The average molecular weight is 378 g/mol. The number of carbonyl (C=O) groups is 1. The molecule has 1 aliphatic heterocycles. The van der Waals surface area contributed by atoms with E-state index in [9.17, 15) is 4.79 Å². The second-order valence-electron chi connectivity index (χ2n) is 8.17. The summed E-state index contributed by atoms with van der Waals surface area (Å²) in [4.78, 5) is 15.3. The average Bonchev–Trinajstić information content (AvgIpc) is 3.38. The van der Waals surface area contributed by atoms with E-state index in [2.05, 4.69) is 0 Å². The maximum absolute atomic E-state index is 13.3. The van der Waals surface area contributed by atoms with Crippen molar-refractivity contribution in [3.63, 3.8) is 0 Å². The maximum atomic E-state index is 13.3. The molecule has 26 heavy (non-hydrogen) atoms. The van der Waals surface area contributed by atoms with Crippen molar-refractivity contribution in [2.24, 2.45) is 5.92 Å². The van der Waals surface area contributed by atoms with Gasteiger partial charge in [-0.15, -0.1) is 0 Å². The Morgan fingerprint density at radius 3 is 2.81 bits per heavy atom. The molecule has 0 aromatic heterocycles. The second-order valence-corrected chi connectivity index (χ2v) is 8.60. The van der Waals surface area contributed by atoms with E-state index in [0.29, 0.717) is 5.02 Å². The number of benzene rings is 1. The number of ether oxygens (including phenoxy) is 2. The fourth-order valence-corrected chi connectivity index (χ4v) is 4.86. The predicted octanol–water partition coefficient (Wildman–Crippen LogP) is 4.23. The van der Waals surface area contributed by atoms with E-state index in [1.54, 1.807) is 13.2 Å². The van der Waals surface area contributed by atoms with E-state index >= 15 is 0 Å². The fraction of sp³-hybridized carbons (Fsp3) is 0.667. The van der Waals surface area contributed by atoms with E-state index < -0.39 is 0 Å². The highest BCUT2D eigenvalue weighted by Crippen LogP contribution is 2.44. The number of carbonyl (C=O) groups excluding carboxylic acids is 1. The second kappa shape index (κ2) is 7.14. The summed E-state index contributed by atoms with van der Waals surface area (Å²) in [6, 6.07) is 5.59. The van der Waals surface area contributed by atoms with E-state index in [-0.39, 0.29) is 23.7 Å². The smallest absolute Gasteiger partial charge is 0.254 e. The van der Waals surface area contributed by atoms with Crippen molar-refractivity contribution in [3.8, 4) is 0 Å². The van der Waals surface area contributed by atoms with Crippen molar-refractivity contribution in [3.05, 3.63) is 34.3 Å². The van der Waals surface area contributed by atoms with Gasteiger partial charge in [-0.1, -0.05) is 11.6 Å². The number of methoxy groups -OCH3 is 1. The largest absolute Gasteiger partial charge is 0.378 e. The van der Waals surface area contributed by atoms with Crippen LogP contribution in [0.25, 0.3) is 0 Å². The van der Waals surface area contributed by atoms with Gasteiger partial charge in [0.25, 0.3) is 5.91 Å². The lowest BCUT2D eigenvalue weighted by Gasteiger charge is -2.43. The van der Waals surface area contributed by atoms with Gasteiger partial charge in [0, 0.05) is 30.8 Å². The topological polar surface area (TPSA) is 38.8 Å². The first-order valence-electron chi connectivity index (χ1n) is 9.76. The van der Waals surface area contributed by atoms with Gasteiger partial charge in [-0.05, 0) is 75.1 Å². The molecule has 2 aliphatic carbocycles. The molecule has 5 heteroatoms. The van der Waals surface area contributed by atoms with Crippen LogP contribution in [0.5, 0.6) is 0 Å². The highest BCUT2D eigenvalue weighted by atomic mass is 35.5. The summed E-state index contributed by atoms with van der Waals surface area (Å²) in [6.07, 6.45) is 6.62. The summed E-state index contributed by atoms with van der Waals surface area (Å²) in [5, 5.41) is 0.665. The molecular weight excluding hydrogens is 350 g/mol. The van der Waals surface area contributed by atoms with E-state index in [1.165, 1.54) is 12.8 Å². The minimum absolute atomic E-state index is 0.0888. The zero-order valence-corrected chi connectivity index (χ0v) is 16.4. The molecule has 1 aromatic carbocycles. The molecule has 1 aromatic rings. The van der Waals surface area contributed by atoms with E-state index in [4.69, 9.17) is 21.1 Å². The van der Waals surface area contributed by atoms with Crippen LogP contribution in [0.2, 0.25) is 5.02 Å². The van der Waals surface area contributed by atoms with Gasteiger partial charge in [0.15, 0.2) is 0 Å². The van der Waals surface area contributed by atoms with Crippen molar-refractivity contribution >= 4 is 17.5 Å². The number of halogens is 1. The van der Waals surface area contributed by atoms with Crippen LogP contribution in [-0.4, -0.2) is 48.8 Å². The summed E-state index contributed by atoms with van der Waals surface area (Å²) in [5.74, 6) is 0.855. The van der Waals surface area contributed by atoms with Crippen LogP contribution in [-0.2, 0) is 9.47 Å². The van der Waals surface area contributed by atoms with Gasteiger partial charge in [0.05, 0.1) is 17.7 Å². The SMILES string of the molecule is CO[C@@]12CC[C@H](OCC3CC3)C[C@@H]1N(C(=O)c1ccc(Cl)cc1C)CC2. The molecule has 0 N–H and O–H groups in total. The molecule has 2 saturated carbocycles. The Balaban J connectivity index is 1.52. The van der Waals surface area contributed by atoms with Crippen LogP contribution in [0.4, 0.5) is 0 Å². The van der Waals surface area contributed by atoms with Crippen molar-refractivity contribution in [2.75, 3.05) is 20.3 Å². The maximum Gasteiger partial charge on any atom is 0.254 e. The summed E-state index contributed by atoms with van der Waals surface area (Å²) >= 11 is 6.06. The minimum atomic E-state index is -0.213. The van der Waals surface area contributed by atoms with Crippen LogP contribution < -0.4 is 0 Å². The number of hydrogen-bond acceptors (Lipinski definition) is 3. The third-order valence-corrected chi connectivity index (χ3v) is 6.72. The molecule has 4 rings (SSSR count). The van der Waals surface area contributed by atoms with Crippen LogP contribution >= 0.6 is 11.6 Å². The highest BCUT2D eigenvalue weighted by molar-refractivity contribution is 6.30. The Morgan fingerprint density at radius 1 is 1.31 bits per heavy atom. The first-order chi connectivity index (χ1) is 12.5. The lowest BCUT2D eigenvalue weighted by Crippen LogP contribution is -2.53. The van der Waals surface area contributed by atoms with Gasteiger partial charge in [-0.25, -0.2) is 0 Å². The molecule has 0 bridgehead atoms. The van der Waals surface area contributed by atoms with Crippen LogP contribution in [0.3, 0.4) is 0 Å². The summed E-state index contributed by atoms with van der Waals surface area (Å²) in [7, 11) is 1.79.